The fourth-order valence-corrected chi connectivity index (χ4v) is 4.89. The fourth-order valence-electron chi connectivity index (χ4n) is 4.89. The Morgan fingerprint density at radius 3 is 1.30 bits per heavy atom. The van der Waals surface area contributed by atoms with Gasteiger partial charge in [-0.2, -0.15) is 0 Å². The first-order valence-corrected chi connectivity index (χ1v) is 14.0. The van der Waals surface area contributed by atoms with Gasteiger partial charge in [-0.1, -0.05) is 88.4 Å². The van der Waals surface area contributed by atoms with E-state index in [0.29, 0.717) is 0 Å². The maximum Gasteiger partial charge on any atom is 0.0736 e. The van der Waals surface area contributed by atoms with E-state index >= 15 is 0 Å². The van der Waals surface area contributed by atoms with Crippen LogP contribution in [0.2, 0.25) is 0 Å². The summed E-state index contributed by atoms with van der Waals surface area (Å²) in [6.45, 7) is 8.00. The van der Waals surface area contributed by atoms with Crippen LogP contribution in [0.15, 0.2) is 97.1 Å². The summed E-state index contributed by atoms with van der Waals surface area (Å²) in [4.78, 5) is 17.2. The van der Waals surface area contributed by atoms with Crippen LogP contribution in [-0.4, -0.2) is 19.9 Å². The number of hydrogen-bond acceptors (Lipinski definition) is 2. The molecule has 2 aromatic carbocycles. The number of nitrogens with zero attached hydrogens (tertiary/aromatic N) is 2. The smallest absolute Gasteiger partial charge is 0.0736 e. The van der Waals surface area contributed by atoms with E-state index in [-0.39, 0.29) is 0 Å². The number of H-pyrrole nitrogens is 2. The zero-order chi connectivity index (χ0) is 27.9. The van der Waals surface area contributed by atoms with Crippen molar-refractivity contribution in [2.45, 2.75) is 27.7 Å². The van der Waals surface area contributed by atoms with Crippen LogP contribution < -0.4 is 0 Å². The zero-order valence-corrected chi connectivity index (χ0v) is 23.4. The number of benzene rings is 2. The molecule has 198 valence electrons. The number of hydrogen-bond donors (Lipinski definition) is 2. The SMILES string of the molecule is C1=Cc2nc1cc1nc(c(-c3ccccc3)c3ccc(cc4ccc([nH]4)c2-c2ccccc2)[nH]3)C=C1.CC.CC. The molecular formula is C36H34N4. The minimum absolute atomic E-state index is 0.886. The van der Waals surface area contributed by atoms with Gasteiger partial charge in [-0.3, -0.25) is 0 Å². The molecule has 7 rings (SSSR count). The summed E-state index contributed by atoms with van der Waals surface area (Å²) in [7, 11) is 0. The molecule has 2 aliphatic heterocycles. The van der Waals surface area contributed by atoms with Gasteiger partial charge in [-0.25, -0.2) is 9.97 Å². The minimum atomic E-state index is 0.886. The van der Waals surface area contributed by atoms with Gasteiger partial charge in [0.15, 0.2) is 0 Å². The zero-order valence-electron chi connectivity index (χ0n) is 23.4. The van der Waals surface area contributed by atoms with Gasteiger partial charge >= 0.3 is 0 Å². The maximum atomic E-state index is 4.98. The molecule has 4 nitrogen and oxygen atoms in total. The molecule has 0 saturated heterocycles. The Kier molecular flexibility index (Phi) is 8.17. The molecule has 0 atom stereocenters. The van der Waals surface area contributed by atoms with Gasteiger partial charge in [0, 0.05) is 33.2 Å². The molecule has 2 N–H and O–H groups in total. The van der Waals surface area contributed by atoms with Crippen LogP contribution in [0.3, 0.4) is 0 Å². The van der Waals surface area contributed by atoms with E-state index in [1.807, 2.05) is 45.9 Å². The predicted octanol–water partition coefficient (Wildman–Crippen LogP) is 10.0. The lowest BCUT2D eigenvalue weighted by atomic mass is 10.0. The second-order valence-electron chi connectivity index (χ2n) is 8.94. The van der Waals surface area contributed by atoms with Crippen molar-refractivity contribution < 1.29 is 0 Å². The molecular weight excluding hydrogens is 488 g/mol. The molecule has 5 heterocycles. The molecule has 0 fully saturated rings. The van der Waals surface area contributed by atoms with Gasteiger partial charge in [0.1, 0.15) is 0 Å². The van der Waals surface area contributed by atoms with Crippen LogP contribution >= 0.6 is 0 Å². The van der Waals surface area contributed by atoms with Crippen molar-refractivity contribution in [3.63, 3.8) is 0 Å². The highest BCUT2D eigenvalue weighted by atomic mass is 14.8. The molecule has 4 heteroatoms. The number of rotatable bonds is 2. The molecule has 0 saturated carbocycles. The Hall–Kier alpha value is -4.96. The lowest BCUT2D eigenvalue weighted by Gasteiger charge is -2.03. The Morgan fingerprint density at radius 2 is 0.875 bits per heavy atom. The number of fused-ring (bicyclic) bond motifs is 8. The van der Waals surface area contributed by atoms with Crippen LogP contribution in [-0.2, 0) is 0 Å². The van der Waals surface area contributed by atoms with E-state index in [4.69, 9.17) is 9.97 Å². The fraction of sp³-hybridized carbons (Fsp3) is 0.111. The molecule has 8 bridgehead atoms. The van der Waals surface area contributed by atoms with Gasteiger partial charge in [0.2, 0.25) is 0 Å². The van der Waals surface area contributed by atoms with Crippen molar-refractivity contribution in [2.24, 2.45) is 0 Å². The molecule has 0 amide bonds. The summed E-state index contributed by atoms with van der Waals surface area (Å²) < 4.78 is 0. The average Bonchev–Trinajstić information content (AvgIpc) is 3.83. The second kappa shape index (κ2) is 12.3. The molecule has 2 aliphatic rings. The van der Waals surface area contributed by atoms with E-state index in [0.717, 1.165) is 67.1 Å². The van der Waals surface area contributed by atoms with Crippen molar-refractivity contribution in [1.82, 2.24) is 19.9 Å². The molecule has 0 aliphatic carbocycles. The van der Waals surface area contributed by atoms with Crippen LogP contribution in [0, 0.1) is 0 Å². The van der Waals surface area contributed by atoms with Crippen LogP contribution in [0.1, 0.15) is 50.5 Å². The van der Waals surface area contributed by atoms with Gasteiger partial charge in [0.05, 0.1) is 22.8 Å². The van der Waals surface area contributed by atoms with E-state index < -0.39 is 0 Å². The topological polar surface area (TPSA) is 57.4 Å². The lowest BCUT2D eigenvalue weighted by Crippen LogP contribution is -1.86. The van der Waals surface area contributed by atoms with Crippen LogP contribution in [0.5, 0.6) is 0 Å². The number of aromatic amines is 2. The highest BCUT2D eigenvalue weighted by molar-refractivity contribution is 5.93. The van der Waals surface area contributed by atoms with Crippen LogP contribution in [0.25, 0.3) is 68.6 Å². The van der Waals surface area contributed by atoms with Crippen molar-refractivity contribution in [1.29, 1.82) is 0 Å². The van der Waals surface area contributed by atoms with Gasteiger partial charge in [0.25, 0.3) is 0 Å². The third kappa shape index (κ3) is 5.43. The average molecular weight is 523 g/mol. The molecule has 0 radical (unpaired) electrons. The van der Waals surface area contributed by atoms with E-state index in [1.54, 1.807) is 0 Å². The number of aromatic nitrogens is 4. The highest BCUT2D eigenvalue weighted by Gasteiger charge is 2.13. The monoisotopic (exact) mass is 522 g/mol. The first kappa shape index (κ1) is 26.6. The van der Waals surface area contributed by atoms with E-state index in [1.165, 1.54) is 0 Å². The third-order valence-electron chi connectivity index (χ3n) is 6.52. The Labute approximate surface area is 235 Å². The third-order valence-corrected chi connectivity index (χ3v) is 6.52. The Bertz CT molecular complexity index is 1690. The predicted molar refractivity (Wildman–Crippen MR) is 172 cm³/mol. The van der Waals surface area contributed by atoms with E-state index in [2.05, 4.69) is 113 Å². The van der Waals surface area contributed by atoms with Gasteiger partial charge in [-0.05, 0) is 71.8 Å². The molecule has 0 unspecified atom stereocenters. The van der Waals surface area contributed by atoms with Gasteiger partial charge in [-0.15, -0.1) is 0 Å². The summed E-state index contributed by atoms with van der Waals surface area (Å²) in [6.07, 6.45) is 8.27. The van der Waals surface area contributed by atoms with Crippen LogP contribution in [0.4, 0.5) is 0 Å². The summed E-state index contributed by atoms with van der Waals surface area (Å²) in [5.41, 5.74) is 12.1. The number of nitrogens with one attached hydrogen (secondary N) is 2. The second-order valence-corrected chi connectivity index (χ2v) is 8.94. The molecule has 40 heavy (non-hydrogen) atoms. The Balaban J connectivity index is 0.000000774. The van der Waals surface area contributed by atoms with Crippen molar-refractivity contribution in [2.75, 3.05) is 0 Å². The standard InChI is InChI=1S/C32H22N4.2C2H6/c1-3-7-21(8-4-1)31-27-15-11-23(33-27)19-25-13-17-29(35-25)32(22-9-5-2-6-10-22)30-18-14-26(36-30)20-24-12-16-28(31)34-24;2*1-2/h1-20,33,35H;2*1-2H3. The van der Waals surface area contributed by atoms with Gasteiger partial charge < -0.3 is 9.97 Å². The Morgan fingerprint density at radius 1 is 0.450 bits per heavy atom. The highest BCUT2D eigenvalue weighted by Crippen LogP contribution is 2.32. The molecule has 5 aromatic rings. The van der Waals surface area contributed by atoms with Crippen molar-refractivity contribution in [3.8, 4) is 22.3 Å². The first-order valence-electron chi connectivity index (χ1n) is 14.0. The summed E-state index contributed by atoms with van der Waals surface area (Å²) in [5, 5.41) is 0. The van der Waals surface area contributed by atoms with Crippen molar-refractivity contribution in [3.05, 3.63) is 120 Å². The first-order chi connectivity index (χ1) is 19.8. The lowest BCUT2D eigenvalue weighted by molar-refractivity contribution is 1.28. The largest absolute Gasteiger partial charge is 0.355 e. The summed E-state index contributed by atoms with van der Waals surface area (Å²) in [5.74, 6) is 0. The maximum absolute atomic E-state index is 4.98. The molecule has 3 aromatic heterocycles. The molecule has 0 spiro atoms. The van der Waals surface area contributed by atoms with Crippen molar-refractivity contribution >= 4 is 46.4 Å². The van der Waals surface area contributed by atoms with E-state index in [9.17, 15) is 0 Å². The normalized spacial score (nSPS) is 11.3. The minimum Gasteiger partial charge on any atom is -0.355 e. The summed E-state index contributed by atoms with van der Waals surface area (Å²) in [6, 6.07) is 33.4. The quantitative estimate of drug-likeness (QED) is 0.237. The summed E-state index contributed by atoms with van der Waals surface area (Å²) >= 11 is 0.